The Kier molecular flexibility index (Phi) is 6.01. The zero-order valence-corrected chi connectivity index (χ0v) is 29.3. The summed E-state index contributed by atoms with van der Waals surface area (Å²) in [5.74, 6) is 0.779. The molecule has 3 aromatic heterocycles. The smallest absolute Gasteiger partial charge is 0.161 e. The van der Waals surface area contributed by atoms with Gasteiger partial charge in [0.25, 0.3) is 0 Å². The third kappa shape index (κ3) is 4.17. The van der Waals surface area contributed by atoms with E-state index in [-0.39, 0.29) is 5.41 Å². The molecule has 3 nitrogen and oxygen atoms in total. The second-order valence-corrected chi connectivity index (χ2v) is 15.5. The maximum absolute atomic E-state index is 5.42. The first-order chi connectivity index (χ1) is 25.0. The molecule has 11 rings (SSSR count). The quantitative estimate of drug-likeness (QED) is 0.187. The van der Waals surface area contributed by atoms with Crippen molar-refractivity contribution in [3.8, 4) is 28.3 Å². The minimum atomic E-state index is -0.0446. The van der Waals surface area contributed by atoms with Gasteiger partial charge in [0.1, 0.15) is 4.83 Å². The molecule has 6 aromatic carbocycles. The highest BCUT2D eigenvalue weighted by atomic mass is 32.1. The molecule has 0 atom stereocenters. The summed E-state index contributed by atoms with van der Waals surface area (Å²) in [5, 5.41) is 7.36. The van der Waals surface area contributed by atoms with Crippen molar-refractivity contribution >= 4 is 69.8 Å². The molecule has 0 amide bonds. The summed E-state index contributed by atoms with van der Waals surface area (Å²) in [6, 6.07) is 46.6. The van der Waals surface area contributed by atoms with Crippen LogP contribution in [0.4, 0.5) is 0 Å². The average molecular weight is 672 g/mol. The number of nitrogens with zero attached hydrogens (tertiary/aromatic N) is 3. The summed E-state index contributed by atoms with van der Waals surface area (Å²) >= 11 is 1.75. The number of rotatable bonds is 3. The maximum atomic E-state index is 5.42. The van der Waals surface area contributed by atoms with E-state index in [4.69, 9.17) is 9.97 Å². The maximum Gasteiger partial charge on any atom is 0.161 e. The molecule has 0 N–H and O–H groups in total. The lowest BCUT2D eigenvalue weighted by Crippen LogP contribution is -2.16. The van der Waals surface area contributed by atoms with Gasteiger partial charge in [-0.15, -0.1) is 11.3 Å². The molecule has 2 aliphatic rings. The molecule has 0 spiro atoms. The van der Waals surface area contributed by atoms with Gasteiger partial charge in [0, 0.05) is 48.5 Å². The molecule has 0 aliphatic heterocycles. The van der Waals surface area contributed by atoms with Crippen LogP contribution in [0.15, 0.2) is 145 Å². The van der Waals surface area contributed by atoms with Crippen molar-refractivity contribution in [2.24, 2.45) is 0 Å². The molecule has 0 saturated carbocycles. The minimum absolute atomic E-state index is 0.0446. The first kappa shape index (κ1) is 28.9. The average Bonchev–Trinajstić information content (AvgIpc) is 3.79. The van der Waals surface area contributed by atoms with Gasteiger partial charge in [0.05, 0.1) is 16.7 Å². The van der Waals surface area contributed by atoms with Gasteiger partial charge in [-0.25, -0.2) is 9.97 Å². The summed E-state index contributed by atoms with van der Waals surface area (Å²) in [6.07, 6.45) is 6.89. The molecule has 9 aromatic rings. The Morgan fingerprint density at radius 1 is 0.667 bits per heavy atom. The fourth-order valence-corrected chi connectivity index (χ4v) is 9.88. The van der Waals surface area contributed by atoms with Crippen LogP contribution in [0.2, 0.25) is 0 Å². The van der Waals surface area contributed by atoms with Crippen LogP contribution in [-0.2, 0) is 5.41 Å². The SMILES string of the molecule is CC1(C)C2=C(CCC=C2)c2ccc(-c3nc(-c4ccc(-n5c6ccccc6c6cc7ccccc7cc65)cc4)c4c(n3)sc3ccccc34)cc21. The van der Waals surface area contributed by atoms with Crippen LogP contribution in [0.25, 0.3) is 86.8 Å². The molecule has 0 radical (unpaired) electrons. The van der Waals surface area contributed by atoms with Crippen molar-refractivity contribution < 1.29 is 0 Å². The standard InChI is InChI=1S/C47H33N3S/c1-47(2)38-16-8-5-13-33(38)34-24-21-31(26-39(34)47)45-48-44(43-36-15-7-10-18-42(36)51-46(43)49-45)28-19-22-32(23-20-28)50-40-17-9-6-14-35(40)37-25-29-11-3-4-12-30(29)27-41(37)50/h3-4,6-12,14-27H,5,13H2,1-2H3. The Hall–Kier alpha value is -5.84. The lowest BCUT2D eigenvalue weighted by molar-refractivity contribution is 0.651. The first-order valence-corrected chi connectivity index (χ1v) is 18.6. The van der Waals surface area contributed by atoms with Crippen LogP contribution in [0, 0.1) is 0 Å². The van der Waals surface area contributed by atoms with E-state index in [1.807, 2.05) is 0 Å². The Morgan fingerprint density at radius 2 is 1.41 bits per heavy atom. The molecule has 3 heterocycles. The van der Waals surface area contributed by atoms with E-state index in [0.29, 0.717) is 0 Å². The van der Waals surface area contributed by atoms with Crippen molar-refractivity contribution in [2.45, 2.75) is 32.1 Å². The molecule has 0 saturated heterocycles. The van der Waals surface area contributed by atoms with E-state index in [9.17, 15) is 0 Å². The Morgan fingerprint density at radius 3 is 2.27 bits per heavy atom. The zero-order valence-electron chi connectivity index (χ0n) is 28.4. The minimum Gasteiger partial charge on any atom is -0.309 e. The lowest BCUT2D eigenvalue weighted by atomic mass is 9.79. The van der Waals surface area contributed by atoms with E-state index in [1.54, 1.807) is 11.3 Å². The molecular formula is C47H33N3S. The van der Waals surface area contributed by atoms with E-state index in [1.165, 1.54) is 64.9 Å². The van der Waals surface area contributed by atoms with Crippen LogP contribution in [0.3, 0.4) is 0 Å². The summed E-state index contributed by atoms with van der Waals surface area (Å²) in [7, 11) is 0. The van der Waals surface area contributed by atoms with E-state index in [0.717, 1.165) is 51.4 Å². The van der Waals surface area contributed by atoms with Crippen LogP contribution in [0.5, 0.6) is 0 Å². The van der Waals surface area contributed by atoms with Crippen molar-refractivity contribution in [3.63, 3.8) is 0 Å². The number of aromatic nitrogens is 3. The van der Waals surface area contributed by atoms with Gasteiger partial charge in [0.15, 0.2) is 5.82 Å². The highest BCUT2D eigenvalue weighted by molar-refractivity contribution is 7.25. The van der Waals surface area contributed by atoms with Gasteiger partial charge in [-0.05, 0) is 88.4 Å². The number of fused-ring (bicyclic) bond motifs is 9. The topological polar surface area (TPSA) is 30.7 Å². The number of hydrogen-bond acceptors (Lipinski definition) is 3. The van der Waals surface area contributed by atoms with Gasteiger partial charge in [-0.1, -0.05) is 111 Å². The van der Waals surface area contributed by atoms with E-state index < -0.39 is 0 Å². The largest absolute Gasteiger partial charge is 0.309 e. The predicted molar refractivity (Wildman–Crippen MR) is 216 cm³/mol. The fraction of sp³-hybridized carbons (Fsp3) is 0.106. The second-order valence-electron chi connectivity index (χ2n) is 14.5. The highest BCUT2D eigenvalue weighted by Crippen LogP contribution is 2.51. The number of thiophene rings is 1. The van der Waals surface area contributed by atoms with Crippen LogP contribution in [0.1, 0.15) is 37.8 Å². The summed E-state index contributed by atoms with van der Waals surface area (Å²) in [4.78, 5) is 11.7. The van der Waals surface area contributed by atoms with Crippen LogP contribution in [-0.4, -0.2) is 14.5 Å². The van der Waals surface area contributed by atoms with E-state index >= 15 is 0 Å². The van der Waals surface area contributed by atoms with Crippen molar-refractivity contribution in [3.05, 3.63) is 156 Å². The van der Waals surface area contributed by atoms with Gasteiger partial charge < -0.3 is 4.57 Å². The summed E-state index contributed by atoms with van der Waals surface area (Å²) in [5.41, 5.74) is 12.4. The predicted octanol–water partition coefficient (Wildman–Crippen LogP) is 12.8. The number of benzene rings is 6. The second kappa shape index (κ2) is 10.6. The Balaban J connectivity index is 1.09. The molecule has 0 bridgehead atoms. The molecule has 0 unspecified atom stereocenters. The fourth-order valence-electron chi connectivity index (χ4n) is 8.80. The summed E-state index contributed by atoms with van der Waals surface area (Å²) < 4.78 is 3.63. The van der Waals surface area contributed by atoms with Crippen molar-refractivity contribution in [2.75, 3.05) is 0 Å². The number of hydrogen-bond donors (Lipinski definition) is 0. The Labute approximate surface area is 299 Å². The Bertz CT molecular complexity index is 2990. The van der Waals surface area contributed by atoms with Gasteiger partial charge in [-0.3, -0.25) is 0 Å². The van der Waals surface area contributed by atoms with Gasteiger partial charge >= 0.3 is 0 Å². The van der Waals surface area contributed by atoms with Crippen molar-refractivity contribution in [1.82, 2.24) is 14.5 Å². The molecular weight excluding hydrogens is 639 g/mol. The zero-order chi connectivity index (χ0) is 33.8. The molecule has 4 heteroatoms. The van der Waals surface area contributed by atoms with Gasteiger partial charge in [0.2, 0.25) is 0 Å². The molecule has 0 fully saturated rings. The third-order valence-corrected chi connectivity index (χ3v) is 12.4. The van der Waals surface area contributed by atoms with Crippen LogP contribution >= 0.6 is 11.3 Å². The molecule has 242 valence electrons. The summed E-state index contributed by atoms with van der Waals surface area (Å²) in [6.45, 7) is 4.71. The first-order valence-electron chi connectivity index (χ1n) is 17.8. The molecule has 51 heavy (non-hydrogen) atoms. The number of allylic oxidation sites excluding steroid dienone is 4. The van der Waals surface area contributed by atoms with Gasteiger partial charge in [-0.2, -0.15) is 0 Å². The normalized spacial score (nSPS) is 15.1. The lowest BCUT2D eigenvalue weighted by Gasteiger charge is -2.24. The van der Waals surface area contributed by atoms with E-state index in [2.05, 4.69) is 158 Å². The third-order valence-electron chi connectivity index (χ3n) is 11.3. The molecule has 2 aliphatic carbocycles. The van der Waals surface area contributed by atoms with Crippen molar-refractivity contribution in [1.29, 1.82) is 0 Å². The van der Waals surface area contributed by atoms with Crippen LogP contribution < -0.4 is 0 Å². The number of para-hydroxylation sites is 1. The highest BCUT2D eigenvalue weighted by Gasteiger charge is 2.37. The monoisotopic (exact) mass is 671 g/mol.